The molecule has 0 saturated carbocycles. The topological polar surface area (TPSA) is 131 Å². The van der Waals surface area contributed by atoms with Crippen LogP contribution in [0.4, 0.5) is 0 Å². The number of esters is 1. The smallest absolute Gasteiger partial charge is 0.337 e. The van der Waals surface area contributed by atoms with Crippen molar-refractivity contribution in [3.05, 3.63) is 83.4 Å². The van der Waals surface area contributed by atoms with Gasteiger partial charge in [-0.3, -0.25) is 0 Å². The van der Waals surface area contributed by atoms with E-state index in [0.29, 0.717) is 11.1 Å². The van der Waals surface area contributed by atoms with Gasteiger partial charge < -0.3 is 28.9 Å². The van der Waals surface area contributed by atoms with Gasteiger partial charge in [0.1, 0.15) is 0 Å². The molecule has 2 aliphatic heterocycles. The number of carboxylic acids is 1. The van der Waals surface area contributed by atoms with Gasteiger partial charge in [0, 0.05) is 70.5 Å². The average Bonchev–Trinajstić information content (AvgIpc) is 3.75. The number of hydrogen-bond donors (Lipinski definition) is 3. The number of aromatic amines is 2. The van der Waals surface area contributed by atoms with Crippen LogP contribution >= 0.6 is 0 Å². The van der Waals surface area contributed by atoms with Gasteiger partial charge in [-0.25, -0.2) is 19.6 Å². The normalized spacial score (nSPS) is 15.6. The zero-order valence-electron chi connectivity index (χ0n) is 24.6. The molecule has 0 radical (unpaired) electrons. The number of carbonyl (C=O) groups excluding carboxylic acids is 1. The molecule has 0 spiro atoms. The Morgan fingerprint density at radius 2 is 1.26 bits per heavy atom. The first-order chi connectivity index (χ1) is 20.5. The molecule has 43 heavy (non-hydrogen) atoms. The number of rotatable bonds is 2. The molecule has 218 valence electrons. The van der Waals surface area contributed by atoms with Crippen LogP contribution in [0.3, 0.4) is 0 Å². The maximum atomic E-state index is 11.8. The summed E-state index contributed by atoms with van der Waals surface area (Å²) in [5, 5.41) is 11.3. The Morgan fingerprint density at radius 1 is 0.791 bits per heavy atom. The van der Waals surface area contributed by atoms with E-state index in [9.17, 15) is 14.7 Å². The van der Waals surface area contributed by atoms with Crippen LogP contribution in [0, 0.1) is 0 Å². The van der Waals surface area contributed by atoms with E-state index in [2.05, 4.69) is 56.8 Å². The van der Waals surface area contributed by atoms with Crippen molar-refractivity contribution in [2.45, 2.75) is 51.6 Å². The second kappa shape index (κ2) is 9.19. The Balaban J connectivity index is 0.000000140. The highest BCUT2D eigenvalue weighted by Crippen LogP contribution is 2.44. The lowest BCUT2D eigenvalue weighted by atomic mass is 9.80. The number of methoxy groups -OCH3 is 1. The first-order valence-corrected chi connectivity index (χ1v) is 14.2. The van der Waals surface area contributed by atoms with Crippen LogP contribution in [0.5, 0.6) is 0 Å². The van der Waals surface area contributed by atoms with E-state index in [-0.39, 0.29) is 16.8 Å². The molecule has 6 heterocycles. The molecule has 2 aromatic carbocycles. The van der Waals surface area contributed by atoms with Gasteiger partial charge in [0.25, 0.3) is 0 Å². The van der Waals surface area contributed by atoms with Gasteiger partial charge in [-0.05, 0) is 47.5 Å². The first-order valence-electron chi connectivity index (χ1n) is 14.2. The van der Waals surface area contributed by atoms with E-state index in [4.69, 9.17) is 4.74 Å². The Kier molecular flexibility index (Phi) is 5.72. The number of benzene rings is 2. The lowest BCUT2D eigenvalue weighted by Gasteiger charge is -2.31. The summed E-state index contributed by atoms with van der Waals surface area (Å²) in [7, 11) is 1.40. The van der Waals surface area contributed by atoms with E-state index in [1.54, 1.807) is 24.4 Å². The summed E-state index contributed by atoms with van der Waals surface area (Å²) < 4.78 is 9.14. The van der Waals surface area contributed by atoms with Crippen LogP contribution in [0.1, 0.15) is 59.5 Å². The summed E-state index contributed by atoms with van der Waals surface area (Å²) in [6, 6.07) is 10.9. The second-order valence-corrected chi connectivity index (χ2v) is 12.6. The number of hydrogen-bond acceptors (Lipinski definition) is 5. The van der Waals surface area contributed by atoms with Crippen LogP contribution in [-0.4, -0.2) is 53.2 Å². The zero-order chi connectivity index (χ0) is 30.3. The molecule has 4 aromatic heterocycles. The van der Waals surface area contributed by atoms with Crippen LogP contribution < -0.4 is 0 Å². The minimum Gasteiger partial charge on any atom is -0.478 e. The SMILES string of the molecule is CC1(C)Cn2ccnc2-c2[nH]c3ccc(C(=O)O)cc3c21.COC(=O)c1ccc2[nH]c3c(c2c1)C(C)(C)Cn1ccnc1-3. The van der Waals surface area contributed by atoms with E-state index in [0.717, 1.165) is 63.5 Å². The highest BCUT2D eigenvalue weighted by molar-refractivity contribution is 5.99. The number of H-pyrrole nitrogens is 2. The van der Waals surface area contributed by atoms with Crippen molar-refractivity contribution in [1.82, 2.24) is 29.1 Å². The lowest BCUT2D eigenvalue weighted by Crippen LogP contribution is -2.29. The fourth-order valence-electron chi connectivity index (χ4n) is 6.84. The Bertz CT molecular complexity index is 2090. The summed E-state index contributed by atoms with van der Waals surface area (Å²) in [6.07, 6.45) is 7.61. The Labute approximate surface area is 247 Å². The molecule has 3 N–H and O–H groups in total. The summed E-state index contributed by atoms with van der Waals surface area (Å²) in [4.78, 5) is 38.8. The van der Waals surface area contributed by atoms with Crippen molar-refractivity contribution in [2.75, 3.05) is 7.11 Å². The number of imidazole rings is 2. The first kappa shape index (κ1) is 26.8. The molecular weight excluding hydrogens is 544 g/mol. The van der Waals surface area contributed by atoms with Crippen molar-refractivity contribution in [3.63, 3.8) is 0 Å². The predicted molar refractivity (Wildman–Crippen MR) is 163 cm³/mol. The number of nitrogens with zero attached hydrogens (tertiary/aromatic N) is 4. The number of aromatic nitrogens is 6. The van der Waals surface area contributed by atoms with E-state index in [1.165, 1.54) is 12.7 Å². The molecule has 0 fully saturated rings. The molecule has 0 saturated heterocycles. The number of nitrogens with one attached hydrogen (secondary N) is 2. The number of carboxylic acid groups (broad SMARTS) is 1. The van der Waals surface area contributed by atoms with Crippen molar-refractivity contribution < 1.29 is 19.4 Å². The van der Waals surface area contributed by atoms with E-state index in [1.807, 2.05) is 36.8 Å². The number of fused-ring (bicyclic) bond motifs is 10. The minimum absolute atomic E-state index is 0.0456. The third-order valence-corrected chi connectivity index (χ3v) is 8.63. The molecule has 0 bridgehead atoms. The van der Waals surface area contributed by atoms with Gasteiger partial charge in [0.05, 0.1) is 29.6 Å². The summed E-state index contributed by atoms with van der Waals surface area (Å²) >= 11 is 0. The highest BCUT2D eigenvalue weighted by Gasteiger charge is 2.36. The highest BCUT2D eigenvalue weighted by atomic mass is 16.5. The van der Waals surface area contributed by atoms with Crippen LogP contribution in [-0.2, 0) is 28.7 Å². The summed E-state index contributed by atoms with van der Waals surface area (Å²) in [5.74, 6) is 0.650. The molecule has 0 atom stereocenters. The number of carbonyl (C=O) groups is 2. The minimum atomic E-state index is -0.901. The molecule has 10 heteroatoms. The molecule has 0 aliphatic carbocycles. The standard InChI is InChI=1S/C17H17N3O2.C16H15N3O2/c1-17(2)9-20-7-6-18-15(20)14-13(17)11-8-10(16(21)22-3)4-5-12(11)19-14;1-16(2)8-19-6-5-17-14(19)13-12(16)10-7-9(15(20)21)3-4-11(10)18-13/h4-8,19H,9H2,1-3H3;3-7,18H,8H2,1-2H3,(H,20,21). The van der Waals surface area contributed by atoms with Gasteiger partial charge in [0.2, 0.25) is 0 Å². The summed E-state index contributed by atoms with van der Waals surface area (Å²) in [5.41, 5.74) is 7.12. The Morgan fingerprint density at radius 3 is 1.72 bits per heavy atom. The lowest BCUT2D eigenvalue weighted by molar-refractivity contribution is 0.0600. The van der Waals surface area contributed by atoms with Gasteiger partial charge in [-0.15, -0.1) is 0 Å². The molecule has 0 unspecified atom stereocenters. The molecular formula is C33H32N6O4. The fraction of sp³-hybridized carbons (Fsp3) is 0.273. The average molecular weight is 577 g/mol. The van der Waals surface area contributed by atoms with Gasteiger partial charge in [-0.1, -0.05) is 27.7 Å². The van der Waals surface area contributed by atoms with E-state index < -0.39 is 5.97 Å². The van der Waals surface area contributed by atoms with Gasteiger partial charge in [0.15, 0.2) is 11.6 Å². The summed E-state index contributed by atoms with van der Waals surface area (Å²) in [6.45, 7) is 10.5. The number of aromatic carboxylic acids is 1. The quantitative estimate of drug-likeness (QED) is 0.213. The fourth-order valence-corrected chi connectivity index (χ4v) is 6.84. The van der Waals surface area contributed by atoms with Crippen molar-refractivity contribution in [2.24, 2.45) is 0 Å². The van der Waals surface area contributed by atoms with Crippen LogP contribution in [0.2, 0.25) is 0 Å². The van der Waals surface area contributed by atoms with Crippen molar-refractivity contribution in [3.8, 4) is 23.0 Å². The largest absolute Gasteiger partial charge is 0.478 e. The third-order valence-electron chi connectivity index (χ3n) is 8.63. The molecule has 2 aliphatic rings. The Hall–Kier alpha value is -5.12. The maximum absolute atomic E-state index is 11.8. The van der Waals surface area contributed by atoms with Gasteiger partial charge >= 0.3 is 11.9 Å². The molecule has 6 aromatic rings. The maximum Gasteiger partial charge on any atom is 0.337 e. The zero-order valence-corrected chi connectivity index (χ0v) is 24.6. The van der Waals surface area contributed by atoms with Crippen LogP contribution in [0.15, 0.2) is 61.2 Å². The molecule has 8 rings (SSSR count). The van der Waals surface area contributed by atoms with Gasteiger partial charge in [-0.2, -0.15) is 0 Å². The molecule has 0 amide bonds. The third kappa shape index (κ3) is 4.08. The van der Waals surface area contributed by atoms with Crippen molar-refractivity contribution in [1.29, 1.82) is 0 Å². The predicted octanol–water partition coefficient (Wildman–Crippen LogP) is 6.13. The monoisotopic (exact) mass is 576 g/mol. The van der Waals surface area contributed by atoms with E-state index >= 15 is 0 Å². The second-order valence-electron chi connectivity index (χ2n) is 12.6. The van der Waals surface area contributed by atoms with Crippen molar-refractivity contribution >= 4 is 33.7 Å². The number of ether oxygens (including phenoxy) is 1. The van der Waals surface area contributed by atoms with Crippen LogP contribution in [0.25, 0.3) is 44.8 Å². The molecule has 10 nitrogen and oxygen atoms in total.